The van der Waals surface area contributed by atoms with Crippen molar-refractivity contribution >= 4 is 0 Å². The molecule has 66 valence electrons. The number of halogens is 3. The SMILES string of the molecule is N#Cc1[nH]c(C(F)(F)F)[nH+]c1C#N. The Hall–Kier alpha value is -2.02. The highest BCUT2D eigenvalue weighted by atomic mass is 19.4. The van der Waals surface area contributed by atoms with Gasteiger partial charge in [-0.1, -0.05) is 0 Å². The molecule has 2 N–H and O–H groups in total. The van der Waals surface area contributed by atoms with Crippen molar-refractivity contribution in [2.45, 2.75) is 6.18 Å². The van der Waals surface area contributed by atoms with Crippen LogP contribution in [0.1, 0.15) is 17.2 Å². The van der Waals surface area contributed by atoms with E-state index in [0.717, 1.165) is 0 Å². The normalized spacial score (nSPS) is 10.5. The summed E-state index contributed by atoms with van der Waals surface area (Å²) in [6.45, 7) is 0. The summed E-state index contributed by atoms with van der Waals surface area (Å²) in [5, 5.41) is 16.6. The van der Waals surface area contributed by atoms with E-state index in [1.807, 2.05) is 0 Å². The lowest BCUT2D eigenvalue weighted by atomic mass is 10.4. The molecule has 0 amide bonds. The standard InChI is InChI=1S/C6HF3N4/c7-6(8,9)5-12-3(1-10)4(2-11)13-5/h(H,12,13)/p+1. The van der Waals surface area contributed by atoms with Gasteiger partial charge < -0.3 is 0 Å². The number of imidazole rings is 1. The number of aromatic amines is 2. The molecule has 13 heavy (non-hydrogen) atoms. The average Bonchev–Trinajstić information content (AvgIpc) is 2.45. The first-order valence-corrected chi connectivity index (χ1v) is 3.01. The second kappa shape index (κ2) is 2.79. The molecule has 0 aromatic carbocycles. The van der Waals surface area contributed by atoms with E-state index in [1.54, 1.807) is 9.97 Å². The summed E-state index contributed by atoms with van der Waals surface area (Å²) in [6, 6.07) is 2.86. The topological polar surface area (TPSA) is 77.5 Å². The van der Waals surface area contributed by atoms with Crippen molar-refractivity contribution in [3.05, 3.63) is 17.2 Å². The third kappa shape index (κ3) is 1.59. The van der Waals surface area contributed by atoms with Gasteiger partial charge in [0.15, 0.2) is 0 Å². The highest BCUT2D eigenvalue weighted by molar-refractivity contribution is 5.31. The van der Waals surface area contributed by atoms with E-state index in [4.69, 9.17) is 10.5 Å². The summed E-state index contributed by atoms with van der Waals surface area (Å²) < 4.78 is 35.9. The Kier molecular flexibility index (Phi) is 1.95. The van der Waals surface area contributed by atoms with E-state index in [1.165, 1.54) is 12.1 Å². The van der Waals surface area contributed by atoms with E-state index in [9.17, 15) is 13.2 Å². The Morgan fingerprint density at radius 1 is 1.23 bits per heavy atom. The maximum atomic E-state index is 12.0. The molecule has 0 unspecified atom stereocenters. The van der Waals surface area contributed by atoms with Crippen molar-refractivity contribution in [3.63, 3.8) is 0 Å². The Morgan fingerprint density at radius 3 is 2.15 bits per heavy atom. The van der Waals surface area contributed by atoms with Gasteiger partial charge in [-0.3, -0.25) is 0 Å². The Bertz CT molecular complexity index is 371. The number of hydrogen-bond acceptors (Lipinski definition) is 2. The van der Waals surface area contributed by atoms with Crippen LogP contribution in [0.2, 0.25) is 0 Å². The minimum Gasteiger partial charge on any atom is -0.223 e. The zero-order chi connectivity index (χ0) is 10.1. The predicted octanol–water partition coefficient (Wildman–Crippen LogP) is 0.591. The van der Waals surface area contributed by atoms with Gasteiger partial charge in [0.05, 0.1) is 0 Å². The lowest BCUT2D eigenvalue weighted by Crippen LogP contribution is -2.20. The monoisotopic (exact) mass is 187 g/mol. The van der Waals surface area contributed by atoms with Crippen molar-refractivity contribution in [1.82, 2.24) is 4.98 Å². The lowest BCUT2D eigenvalue weighted by Gasteiger charge is -1.93. The zero-order valence-corrected chi connectivity index (χ0v) is 6.03. The Morgan fingerprint density at radius 2 is 1.85 bits per heavy atom. The number of nitrogens with one attached hydrogen (secondary N) is 2. The summed E-state index contributed by atoms with van der Waals surface area (Å²) in [7, 11) is 0. The van der Waals surface area contributed by atoms with Crippen LogP contribution in [0, 0.1) is 22.7 Å². The van der Waals surface area contributed by atoms with Gasteiger partial charge in [-0.15, -0.1) is 0 Å². The van der Waals surface area contributed by atoms with Crippen LogP contribution in [0.4, 0.5) is 13.2 Å². The van der Waals surface area contributed by atoms with Gasteiger partial charge in [-0.25, -0.2) is 9.97 Å². The zero-order valence-electron chi connectivity index (χ0n) is 6.03. The van der Waals surface area contributed by atoms with Gasteiger partial charge >= 0.3 is 12.0 Å². The maximum absolute atomic E-state index is 12.0. The molecule has 7 heteroatoms. The van der Waals surface area contributed by atoms with Crippen LogP contribution in [0.15, 0.2) is 0 Å². The summed E-state index contributed by atoms with van der Waals surface area (Å²) >= 11 is 0. The molecule has 1 aromatic heterocycles. The molecular weight excluding hydrogens is 185 g/mol. The molecule has 0 aliphatic rings. The van der Waals surface area contributed by atoms with Crippen LogP contribution in [-0.2, 0) is 6.18 Å². The highest BCUT2D eigenvalue weighted by Gasteiger charge is 2.42. The number of H-pyrrole nitrogens is 2. The van der Waals surface area contributed by atoms with Crippen LogP contribution < -0.4 is 4.98 Å². The molecule has 0 saturated carbocycles. The first kappa shape index (κ1) is 9.07. The Labute approximate surface area is 70.2 Å². The molecule has 0 saturated heterocycles. The predicted molar refractivity (Wildman–Crippen MR) is 31.8 cm³/mol. The van der Waals surface area contributed by atoms with Crippen LogP contribution in [0.3, 0.4) is 0 Å². The molecule has 1 heterocycles. The van der Waals surface area contributed by atoms with Crippen LogP contribution in [0.25, 0.3) is 0 Å². The third-order valence-electron chi connectivity index (χ3n) is 1.26. The molecule has 0 fully saturated rings. The number of hydrogen-bond donors (Lipinski definition) is 1. The van der Waals surface area contributed by atoms with E-state index >= 15 is 0 Å². The van der Waals surface area contributed by atoms with E-state index < -0.39 is 23.4 Å². The second-order valence-corrected chi connectivity index (χ2v) is 2.10. The summed E-state index contributed by atoms with van der Waals surface area (Å²) in [4.78, 5) is 3.52. The van der Waals surface area contributed by atoms with Gasteiger partial charge in [0.2, 0.25) is 0 Å². The summed E-state index contributed by atoms with van der Waals surface area (Å²) in [5.74, 6) is -1.21. The van der Waals surface area contributed by atoms with Gasteiger partial charge in [-0.05, 0) is 0 Å². The van der Waals surface area contributed by atoms with E-state index in [2.05, 4.69) is 0 Å². The van der Waals surface area contributed by atoms with Crippen molar-refractivity contribution < 1.29 is 18.2 Å². The number of alkyl halides is 3. The fraction of sp³-hybridized carbons (Fsp3) is 0.167. The van der Waals surface area contributed by atoms with Crippen molar-refractivity contribution in [2.75, 3.05) is 0 Å². The molecule has 0 bridgehead atoms. The number of rotatable bonds is 0. The third-order valence-corrected chi connectivity index (χ3v) is 1.26. The van der Waals surface area contributed by atoms with E-state index in [0.29, 0.717) is 0 Å². The fourth-order valence-corrected chi connectivity index (χ4v) is 0.716. The first-order chi connectivity index (χ1) is 5.99. The molecule has 0 aliphatic heterocycles. The van der Waals surface area contributed by atoms with E-state index in [-0.39, 0.29) is 0 Å². The number of aromatic nitrogens is 2. The van der Waals surface area contributed by atoms with Gasteiger partial charge in [0, 0.05) is 0 Å². The molecular formula is C6H2F3N4+. The quantitative estimate of drug-likeness (QED) is 0.645. The minimum absolute atomic E-state index is 0.421. The average molecular weight is 187 g/mol. The van der Waals surface area contributed by atoms with Crippen molar-refractivity contribution in [3.8, 4) is 12.1 Å². The molecule has 1 aromatic rings. The molecule has 0 atom stereocenters. The second-order valence-electron chi connectivity index (χ2n) is 2.10. The minimum atomic E-state index is -4.61. The maximum Gasteiger partial charge on any atom is 0.494 e. The van der Waals surface area contributed by atoms with Crippen LogP contribution >= 0.6 is 0 Å². The molecule has 4 nitrogen and oxygen atoms in total. The summed E-state index contributed by atoms with van der Waals surface area (Å²) in [6.07, 6.45) is -4.61. The fourth-order valence-electron chi connectivity index (χ4n) is 0.716. The Balaban J connectivity index is 3.26. The molecule has 0 spiro atoms. The van der Waals surface area contributed by atoms with Gasteiger partial charge in [0.25, 0.3) is 11.4 Å². The molecule has 1 rings (SSSR count). The highest BCUT2D eigenvalue weighted by Crippen LogP contribution is 2.24. The van der Waals surface area contributed by atoms with Crippen molar-refractivity contribution in [1.29, 1.82) is 10.5 Å². The molecule has 0 aliphatic carbocycles. The smallest absolute Gasteiger partial charge is 0.223 e. The lowest BCUT2D eigenvalue weighted by molar-refractivity contribution is -0.428. The van der Waals surface area contributed by atoms with Gasteiger partial charge in [-0.2, -0.15) is 23.7 Å². The van der Waals surface area contributed by atoms with Crippen LogP contribution in [0.5, 0.6) is 0 Å². The number of nitrogens with zero attached hydrogens (tertiary/aromatic N) is 2. The molecule has 0 radical (unpaired) electrons. The van der Waals surface area contributed by atoms with Crippen molar-refractivity contribution in [2.24, 2.45) is 0 Å². The van der Waals surface area contributed by atoms with Gasteiger partial charge in [0.1, 0.15) is 12.1 Å². The van der Waals surface area contributed by atoms with Crippen LogP contribution in [-0.4, -0.2) is 4.98 Å². The number of nitriles is 2. The largest absolute Gasteiger partial charge is 0.494 e. The first-order valence-electron chi connectivity index (χ1n) is 3.01. The summed E-state index contributed by atoms with van der Waals surface area (Å²) in [5.41, 5.74) is -0.843.